The maximum atomic E-state index is 11.3. The molecule has 7 nitrogen and oxygen atoms in total. The van der Waals surface area contributed by atoms with E-state index in [0.29, 0.717) is 39.4 Å². The van der Waals surface area contributed by atoms with Gasteiger partial charge in [0.1, 0.15) is 0 Å². The number of rotatable bonds is 12. The van der Waals surface area contributed by atoms with Crippen LogP contribution in [0.5, 0.6) is 0 Å². The SMILES string of the molecule is CNCCOCCC(=O)NCCOCCC(N)=O. The second kappa shape index (κ2) is 12.3. The molecule has 0 saturated carbocycles. The number of hydrogen-bond donors (Lipinski definition) is 3. The van der Waals surface area contributed by atoms with E-state index in [1.54, 1.807) is 0 Å². The van der Waals surface area contributed by atoms with Gasteiger partial charge in [-0.15, -0.1) is 0 Å². The van der Waals surface area contributed by atoms with Gasteiger partial charge in [-0.2, -0.15) is 0 Å². The van der Waals surface area contributed by atoms with Crippen molar-refractivity contribution in [2.45, 2.75) is 12.8 Å². The van der Waals surface area contributed by atoms with Crippen LogP contribution < -0.4 is 16.4 Å². The predicted octanol–water partition coefficient (Wildman–Crippen LogP) is -1.38. The number of likely N-dealkylation sites (N-methyl/N-ethyl adjacent to an activating group) is 1. The van der Waals surface area contributed by atoms with Crippen LogP contribution >= 0.6 is 0 Å². The van der Waals surface area contributed by atoms with Crippen LogP contribution in [0.3, 0.4) is 0 Å². The van der Waals surface area contributed by atoms with E-state index in [2.05, 4.69) is 10.6 Å². The molecule has 0 fully saturated rings. The Kier molecular flexibility index (Phi) is 11.5. The van der Waals surface area contributed by atoms with Crippen molar-refractivity contribution < 1.29 is 19.1 Å². The van der Waals surface area contributed by atoms with Crippen molar-refractivity contribution in [1.29, 1.82) is 0 Å². The second-order valence-electron chi connectivity index (χ2n) is 3.64. The molecular formula is C11H23N3O4. The highest BCUT2D eigenvalue weighted by Crippen LogP contribution is 1.84. The summed E-state index contributed by atoms with van der Waals surface area (Å²) in [6.07, 6.45) is 0.540. The molecule has 0 atom stereocenters. The van der Waals surface area contributed by atoms with Gasteiger partial charge in [0, 0.05) is 25.9 Å². The molecule has 0 bridgehead atoms. The molecule has 106 valence electrons. The van der Waals surface area contributed by atoms with Gasteiger partial charge in [0.25, 0.3) is 0 Å². The average Bonchev–Trinajstić information content (AvgIpc) is 2.33. The van der Waals surface area contributed by atoms with E-state index in [-0.39, 0.29) is 12.3 Å². The van der Waals surface area contributed by atoms with Crippen molar-refractivity contribution in [3.8, 4) is 0 Å². The Labute approximate surface area is 107 Å². The number of carbonyl (C=O) groups is 2. The van der Waals surface area contributed by atoms with Crippen LogP contribution in [0.2, 0.25) is 0 Å². The van der Waals surface area contributed by atoms with Crippen LogP contribution in [0.4, 0.5) is 0 Å². The van der Waals surface area contributed by atoms with Crippen molar-refractivity contribution in [2.24, 2.45) is 5.73 Å². The summed E-state index contributed by atoms with van der Waals surface area (Å²) in [6.45, 7) is 2.87. The minimum absolute atomic E-state index is 0.0713. The van der Waals surface area contributed by atoms with Crippen LogP contribution in [-0.4, -0.2) is 58.4 Å². The van der Waals surface area contributed by atoms with E-state index >= 15 is 0 Å². The van der Waals surface area contributed by atoms with Crippen molar-refractivity contribution >= 4 is 11.8 Å². The zero-order valence-electron chi connectivity index (χ0n) is 10.9. The van der Waals surface area contributed by atoms with E-state index in [9.17, 15) is 9.59 Å². The van der Waals surface area contributed by atoms with Gasteiger partial charge in [0.2, 0.25) is 11.8 Å². The Hall–Kier alpha value is -1.18. The molecular weight excluding hydrogens is 238 g/mol. The topological polar surface area (TPSA) is 103 Å². The van der Waals surface area contributed by atoms with Gasteiger partial charge in [0.15, 0.2) is 0 Å². The standard InChI is InChI=1S/C11H23N3O4/c1-13-4-8-18-7-3-11(16)14-5-9-17-6-2-10(12)15/h13H,2-9H2,1H3,(H2,12,15)(H,14,16). The molecule has 0 rings (SSSR count). The molecule has 2 amide bonds. The summed E-state index contributed by atoms with van der Waals surface area (Å²) in [5.74, 6) is -0.462. The van der Waals surface area contributed by atoms with Crippen LogP contribution in [0.25, 0.3) is 0 Å². The zero-order chi connectivity index (χ0) is 13.6. The molecule has 0 unspecified atom stereocenters. The molecule has 0 saturated heterocycles. The third-order valence-electron chi connectivity index (χ3n) is 2.03. The Morgan fingerprint density at radius 2 is 1.61 bits per heavy atom. The summed E-state index contributed by atoms with van der Waals surface area (Å²) < 4.78 is 10.3. The fraction of sp³-hybridized carbons (Fsp3) is 0.818. The lowest BCUT2D eigenvalue weighted by Crippen LogP contribution is -2.28. The van der Waals surface area contributed by atoms with Crippen molar-refractivity contribution in [3.63, 3.8) is 0 Å². The minimum Gasteiger partial charge on any atom is -0.380 e. The van der Waals surface area contributed by atoms with E-state index < -0.39 is 5.91 Å². The summed E-state index contributed by atoms with van der Waals surface area (Å²) >= 11 is 0. The molecule has 0 radical (unpaired) electrons. The zero-order valence-corrected chi connectivity index (χ0v) is 10.9. The van der Waals surface area contributed by atoms with Crippen molar-refractivity contribution in [3.05, 3.63) is 0 Å². The number of ether oxygens (including phenoxy) is 2. The number of nitrogens with one attached hydrogen (secondary N) is 2. The van der Waals surface area contributed by atoms with Gasteiger partial charge in [-0.05, 0) is 7.05 Å². The highest BCUT2D eigenvalue weighted by atomic mass is 16.5. The van der Waals surface area contributed by atoms with E-state index in [0.717, 1.165) is 6.54 Å². The number of carbonyl (C=O) groups excluding carboxylic acids is 2. The lowest BCUT2D eigenvalue weighted by molar-refractivity contribution is -0.123. The fourth-order valence-electron chi connectivity index (χ4n) is 1.07. The van der Waals surface area contributed by atoms with Gasteiger partial charge < -0.3 is 25.8 Å². The van der Waals surface area contributed by atoms with Crippen molar-refractivity contribution in [2.75, 3.05) is 46.6 Å². The minimum atomic E-state index is -0.391. The highest BCUT2D eigenvalue weighted by molar-refractivity contribution is 5.75. The Morgan fingerprint density at radius 1 is 1.00 bits per heavy atom. The molecule has 0 aliphatic carbocycles. The lowest BCUT2D eigenvalue weighted by atomic mass is 10.4. The van der Waals surface area contributed by atoms with Gasteiger partial charge >= 0.3 is 0 Å². The first-order valence-electron chi connectivity index (χ1n) is 6.02. The summed E-state index contributed by atoms with van der Waals surface area (Å²) in [6, 6.07) is 0. The van der Waals surface area contributed by atoms with Crippen LogP contribution in [0.15, 0.2) is 0 Å². The molecule has 0 heterocycles. The Bertz CT molecular complexity index is 236. The summed E-state index contributed by atoms with van der Waals surface area (Å²) in [5.41, 5.74) is 4.94. The molecule has 0 aromatic carbocycles. The third-order valence-corrected chi connectivity index (χ3v) is 2.03. The summed E-state index contributed by atoms with van der Waals surface area (Å²) in [4.78, 5) is 21.7. The Morgan fingerprint density at radius 3 is 2.22 bits per heavy atom. The maximum Gasteiger partial charge on any atom is 0.222 e. The van der Waals surface area contributed by atoms with Crippen molar-refractivity contribution in [1.82, 2.24) is 10.6 Å². The number of amides is 2. The monoisotopic (exact) mass is 261 g/mol. The summed E-state index contributed by atoms with van der Waals surface area (Å²) in [5, 5.41) is 5.63. The first kappa shape index (κ1) is 16.8. The van der Waals surface area contributed by atoms with E-state index in [1.807, 2.05) is 7.05 Å². The molecule has 18 heavy (non-hydrogen) atoms. The van der Waals surface area contributed by atoms with Gasteiger partial charge in [-0.25, -0.2) is 0 Å². The summed E-state index contributed by atoms with van der Waals surface area (Å²) in [7, 11) is 1.84. The second-order valence-corrected chi connectivity index (χ2v) is 3.64. The van der Waals surface area contributed by atoms with Gasteiger partial charge in [-0.3, -0.25) is 9.59 Å². The fourth-order valence-corrected chi connectivity index (χ4v) is 1.07. The first-order chi connectivity index (χ1) is 8.66. The molecule has 0 aromatic heterocycles. The molecule has 0 aromatic rings. The molecule has 0 aliphatic rings. The van der Waals surface area contributed by atoms with E-state index in [4.69, 9.17) is 15.2 Å². The number of nitrogens with two attached hydrogens (primary N) is 1. The molecule has 4 N–H and O–H groups in total. The van der Waals surface area contributed by atoms with Gasteiger partial charge in [-0.1, -0.05) is 0 Å². The predicted molar refractivity (Wildman–Crippen MR) is 67.0 cm³/mol. The average molecular weight is 261 g/mol. The highest BCUT2D eigenvalue weighted by Gasteiger charge is 2.00. The largest absolute Gasteiger partial charge is 0.380 e. The normalized spacial score (nSPS) is 10.3. The number of primary amides is 1. The quantitative estimate of drug-likeness (QED) is 0.376. The lowest BCUT2D eigenvalue weighted by Gasteiger charge is -2.06. The molecule has 7 heteroatoms. The van der Waals surface area contributed by atoms with Crippen LogP contribution in [-0.2, 0) is 19.1 Å². The smallest absolute Gasteiger partial charge is 0.222 e. The molecule has 0 aliphatic heterocycles. The molecule has 0 spiro atoms. The van der Waals surface area contributed by atoms with Crippen LogP contribution in [0, 0.1) is 0 Å². The number of hydrogen-bond acceptors (Lipinski definition) is 5. The maximum absolute atomic E-state index is 11.3. The third kappa shape index (κ3) is 12.9. The van der Waals surface area contributed by atoms with Crippen LogP contribution in [0.1, 0.15) is 12.8 Å². The Balaban J connectivity index is 3.19. The van der Waals surface area contributed by atoms with Gasteiger partial charge in [0.05, 0.1) is 26.4 Å². The van der Waals surface area contributed by atoms with E-state index in [1.165, 1.54) is 0 Å². The first-order valence-corrected chi connectivity index (χ1v) is 6.02.